The zero-order chi connectivity index (χ0) is 19.7. The summed E-state index contributed by atoms with van der Waals surface area (Å²) in [5.41, 5.74) is 1.14. The molecule has 2 heterocycles. The third kappa shape index (κ3) is 3.61. The molecule has 144 valence electrons. The molecule has 0 unspecified atom stereocenters. The lowest BCUT2D eigenvalue weighted by atomic mass is 10.1. The lowest BCUT2D eigenvalue weighted by Gasteiger charge is -2.26. The van der Waals surface area contributed by atoms with E-state index in [4.69, 9.17) is 9.15 Å². The van der Waals surface area contributed by atoms with Gasteiger partial charge in [0.25, 0.3) is 11.8 Å². The minimum atomic E-state index is -0.438. The van der Waals surface area contributed by atoms with Crippen LogP contribution in [-0.2, 0) is 4.74 Å². The van der Waals surface area contributed by atoms with E-state index in [2.05, 4.69) is 5.32 Å². The first-order chi connectivity index (χ1) is 13.5. The molecule has 3 aromatic rings. The molecule has 1 N–H and O–H groups in total. The van der Waals surface area contributed by atoms with Gasteiger partial charge in [-0.15, -0.1) is 0 Å². The molecule has 4 rings (SSSR count). The van der Waals surface area contributed by atoms with Crippen LogP contribution in [-0.4, -0.2) is 43.0 Å². The smallest absolute Gasteiger partial charge is 0.291 e. The van der Waals surface area contributed by atoms with Crippen molar-refractivity contribution >= 4 is 51.1 Å². The molecule has 1 aromatic heterocycles. The standard InChI is InChI=1S/C20H16FIN2O4/c21-12-5-6-13(15(22)11-12)19(25)23-17-14-3-1-2-4-16(14)28-18(17)20(26)24-7-9-27-10-8-24/h1-6,11H,7-10H2,(H,23,25). The lowest BCUT2D eigenvalue weighted by molar-refractivity contribution is 0.0285. The van der Waals surface area contributed by atoms with Gasteiger partial charge in [-0.2, -0.15) is 0 Å². The molecule has 0 radical (unpaired) electrons. The van der Waals surface area contributed by atoms with Gasteiger partial charge in [0.2, 0.25) is 5.76 Å². The van der Waals surface area contributed by atoms with Crippen LogP contribution in [0.4, 0.5) is 10.1 Å². The zero-order valence-electron chi connectivity index (χ0n) is 14.7. The normalized spacial score (nSPS) is 14.3. The summed E-state index contributed by atoms with van der Waals surface area (Å²) in [7, 11) is 0. The first-order valence-electron chi connectivity index (χ1n) is 8.69. The number of hydrogen-bond acceptors (Lipinski definition) is 4. The van der Waals surface area contributed by atoms with Gasteiger partial charge >= 0.3 is 0 Å². The van der Waals surface area contributed by atoms with Crippen molar-refractivity contribution in [2.45, 2.75) is 0 Å². The molecule has 1 aliphatic rings. The Balaban J connectivity index is 1.72. The van der Waals surface area contributed by atoms with Gasteiger partial charge in [-0.3, -0.25) is 9.59 Å². The van der Waals surface area contributed by atoms with Crippen molar-refractivity contribution in [2.24, 2.45) is 0 Å². The fourth-order valence-electron chi connectivity index (χ4n) is 3.08. The molecule has 0 bridgehead atoms. The van der Waals surface area contributed by atoms with E-state index in [9.17, 15) is 14.0 Å². The van der Waals surface area contributed by atoms with Gasteiger partial charge in [0.15, 0.2) is 0 Å². The lowest BCUT2D eigenvalue weighted by Crippen LogP contribution is -2.40. The highest BCUT2D eigenvalue weighted by molar-refractivity contribution is 14.1. The first-order valence-corrected chi connectivity index (χ1v) is 9.77. The number of nitrogens with one attached hydrogen (secondary N) is 1. The van der Waals surface area contributed by atoms with E-state index in [1.54, 1.807) is 29.2 Å². The van der Waals surface area contributed by atoms with Gasteiger partial charge in [0.05, 0.1) is 18.8 Å². The second-order valence-electron chi connectivity index (χ2n) is 6.29. The average molecular weight is 494 g/mol. The summed E-state index contributed by atoms with van der Waals surface area (Å²) >= 11 is 1.90. The molecular weight excluding hydrogens is 478 g/mol. The maximum Gasteiger partial charge on any atom is 0.291 e. The molecule has 1 fully saturated rings. The van der Waals surface area contributed by atoms with Gasteiger partial charge in [-0.05, 0) is 52.9 Å². The first kappa shape index (κ1) is 18.9. The number of ether oxygens (including phenoxy) is 1. The minimum absolute atomic E-state index is 0.0774. The van der Waals surface area contributed by atoms with Crippen LogP contribution in [0.2, 0.25) is 0 Å². The van der Waals surface area contributed by atoms with Crippen molar-refractivity contribution in [3.8, 4) is 0 Å². The molecule has 8 heteroatoms. The van der Waals surface area contributed by atoms with Crippen LogP contribution in [0.25, 0.3) is 11.0 Å². The zero-order valence-corrected chi connectivity index (χ0v) is 16.9. The number of carbonyl (C=O) groups is 2. The number of hydrogen-bond donors (Lipinski definition) is 1. The molecule has 0 spiro atoms. The quantitative estimate of drug-likeness (QED) is 0.561. The van der Waals surface area contributed by atoms with Crippen molar-refractivity contribution in [3.63, 3.8) is 0 Å². The minimum Gasteiger partial charge on any atom is -0.449 e. The van der Waals surface area contributed by atoms with Crippen LogP contribution in [0.5, 0.6) is 0 Å². The van der Waals surface area contributed by atoms with Crippen molar-refractivity contribution < 1.29 is 23.1 Å². The molecule has 1 saturated heterocycles. The summed E-state index contributed by atoms with van der Waals surface area (Å²) in [6.45, 7) is 1.83. The number of nitrogens with zero attached hydrogens (tertiary/aromatic N) is 1. The van der Waals surface area contributed by atoms with Crippen LogP contribution in [0.3, 0.4) is 0 Å². The molecule has 2 aromatic carbocycles. The van der Waals surface area contributed by atoms with Gasteiger partial charge in [-0.1, -0.05) is 12.1 Å². The number of amides is 2. The molecule has 6 nitrogen and oxygen atoms in total. The van der Waals surface area contributed by atoms with Crippen LogP contribution in [0.1, 0.15) is 20.9 Å². The molecule has 0 atom stereocenters. The SMILES string of the molecule is O=C(Nc1c(C(=O)N2CCOCC2)oc2ccccc12)c1ccc(F)cc1I. The second-order valence-corrected chi connectivity index (χ2v) is 7.45. The molecule has 28 heavy (non-hydrogen) atoms. The van der Waals surface area contributed by atoms with E-state index in [-0.39, 0.29) is 11.7 Å². The predicted molar refractivity (Wildman–Crippen MR) is 110 cm³/mol. The van der Waals surface area contributed by atoms with E-state index in [0.717, 1.165) is 0 Å². The summed E-state index contributed by atoms with van der Waals surface area (Å²) in [4.78, 5) is 27.4. The fraction of sp³-hybridized carbons (Fsp3) is 0.200. The number of morpholine rings is 1. The van der Waals surface area contributed by atoms with E-state index >= 15 is 0 Å². The van der Waals surface area contributed by atoms with E-state index in [1.807, 2.05) is 22.6 Å². The summed E-state index contributed by atoms with van der Waals surface area (Å²) in [6, 6.07) is 11.0. The van der Waals surface area contributed by atoms with Gasteiger partial charge in [-0.25, -0.2) is 4.39 Å². The van der Waals surface area contributed by atoms with Crippen molar-refractivity contribution in [3.05, 3.63) is 63.2 Å². The Hall–Kier alpha value is -2.46. The number of carbonyl (C=O) groups excluding carboxylic acids is 2. The predicted octanol–water partition coefficient (Wildman–Crippen LogP) is 3.90. The number of benzene rings is 2. The second kappa shape index (κ2) is 7.88. The highest BCUT2D eigenvalue weighted by atomic mass is 127. The Bertz CT molecular complexity index is 1060. The fourth-order valence-corrected chi connectivity index (χ4v) is 3.81. The van der Waals surface area contributed by atoms with Gasteiger partial charge < -0.3 is 19.4 Å². The molecular formula is C20H16FIN2O4. The summed E-state index contributed by atoms with van der Waals surface area (Å²) in [5.74, 6) is -1.08. The van der Waals surface area contributed by atoms with Gasteiger partial charge in [0, 0.05) is 22.0 Å². The Kier molecular flexibility index (Phi) is 5.31. The average Bonchev–Trinajstić information content (AvgIpc) is 3.06. The summed E-state index contributed by atoms with van der Waals surface area (Å²) in [6.07, 6.45) is 0. The van der Waals surface area contributed by atoms with E-state index < -0.39 is 11.7 Å². The van der Waals surface area contributed by atoms with Crippen molar-refractivity contribution in [2.75, 3.05) is 31.6 Å². The molecule has 1 aliphatic heterocycles. The number of furan rings is 1. The highest BCUT2D eigenvalue weighted by Crippen LogP contribution is 2.32. The third-order valence-electron chi connectivity index (χ3n) is 4.50. The Morgan fingerprint density at radius 2 is 1.86 bits per heavy atom. The maximum atomic E-state index is 13.4. The monoisotopic (exact) mass is 494 g/mol. The Morgan fingerprint density at radius 3 is 2.61 bits per heavy atom. The number of fused-ring (bicyclic) bond motifs is 1. The maximum absolute atomic E-state index is 13.4. The largest absolute Gasteiger partial charge is 0.449 e. The summed E-state index contributed by atoms with van der Waals surface area (Å²) < 4.78 is 24.9. The molecule has 2 amide bonds. The van der Waals surface area contributed by atoms with Crippen LogP contribution < -0.4 is 5.32 Å². The number of rotatable bonds is 3. The number of anilines is 1. The van der Waals surface area contributed by atoms with Gasteiger partial charge in [0.1, 0.15) is 17.1 Å². The molecule has 0 saturated carbocycles. The highest BCUT2D eigenvalue weighted by Gasteiger charge is 2.28. The summed E-state index contributed by atoms with van der Waals surface area (Å²) in [5, 5.41) is 3.42. The number of halogens is 2. The van der Waals surface area contributed by atoms with Crippen LogP contribution in [0, 0.1) is 9.39 Å². The topological polar surface area (TPSA) is 71.8 Å². The third-order valence-corrected chi connectivity index (χ3v) is 5.39. The Morgan fingerprint density at radius 1 is 1.11 bits per heavy atom. The van der Waals surface area contributed by atoms with Crippen LogP contribution >= 0.6 is 22.6 Å². The number of para-hydroxylation sites is 1. The van der Waals surface area contributed by atoms with Crippen LogP contribution in [0.15, 0.2) is 46.9 Å². The Labute approximate surface area is 173 Å². The molecule has 0 aliphatic carbocycles. The van der Waals surface area contributed by atoms with Crippen molar-refractivity contribution in [1.82, 2.24) is 4.90 Å². The van der Waals surface area contributed by atoms with Crippen molar-refractivity contribution in [1.29, 1.82) is 0 Å². The van der Waals surface area contributed by atoms with E-state index in [1.165, 1.54) is 18.2 Å². The van der Waals surface area contributed by atoms with E-state index in [0.29, 0.717) is 52.1 Å².